The van der Waals surface area contributed by atoms with Crippen LogP contribution in [0.4, 0.5) is 0 Å². The van der Waals surface area contributed by atoms with E-state index in [9.17, 15) is 9.59 Å². The van der Waals surface area contributed by atoms with Gasteiger partial charge in [-0.2, -0.15) is 0 Å². The molecule has 1 aromatic heterocycles. The summed E-state index contributed by atoms with van der Waals surface area (Å²) in [4.78, 5) is 25.3. The van der Waals surface area contributed by atoms with Gasteiger partial charge in [0, 0.05) is 11.0 Å². The molecule has 1 aromatic rings. The molecule has 92 valence electrons. The molecule has 0 bridgehead atoms. The number of nitrogens with zero attached hydrogens (tertiary/aromatic N) is 1. The molecular formula is C11H12BrNO3S. The second-order valence-electron chi connectivity index (χ2n) is 4.06. The number of hydrogen-bond acceptors (Lipinski definition) is 3. The molecule has 0 unspecified atom stereocenters. The molecule has 1 amide bonds. The third kappa shape index (κ3) is 2.24. The average molecular weight is 318 g/mol. The Bertz CT molecular complexity index is 471. The molecule has 2 rings (SSSR count). The Hall–Kier alpha value is -0.880. The van der Waals surface area contributed by atoms with Gasteiger partial charge in [0.2, 0.25) is 0 Å². The summed E-state index contributed by atoms with van der Waals surface area (Å²) in [5.41, 5.74) is 1.00. The van der Waals surface area contributed by atoms with Crippen LogP contribution in [0, 0.1) is 6.92 Å². The highest BCUT2D eigenvalue weighted by Gasteiger charge is 2.35. The molecule has 1 N–H and O–H groups in total. The number of carbonyl (C=O) groups is 2. The fraction of sp³-hybridized carbons (Fsp3) is 0.455. The predicted molar refractivity (Wildman–Crippen MR) is 68.5 cm³/mol. The first-order chi connectivity index (χ1) is 8.02. The number of aryl methyl sites for hydroxylation is 1. The molecule has 1 fully saturated rings. The van der Waals surface area contributed by atoms with Gasteiger partial charge in [-0.1, -0.05) is 0 Å². The van der Waals surface area contributed by atoms with Gasteiger partial charge in [-0.15, -0.1) is 11.3 Å². The number of thiophene rings is 1. The van der Waals surface area contributed by atoms with Gasteiger partial charge in [0.15, 0.2) is 0 Å². The standard InChI is InChI=1S/C11H12BrNO3S/c1-6-5-17-9(8(6)12)10(14)13-4-2-3-7(13)11(15)16/h5,7H,2-4H2,1H3,(H,15,16)/t7-/m1/s1. The smallest absolute Gasteiger partial charge is 0.326 e. The van der Waals surface area contributed by atoms with E-state index in [1.807, 2.05) is 12.3 Å². The zero-order valence-corrected chi connectivity index (χ0v) is 11.7. The first-order valence-corrected chi connectivity index (χ1v) is 6.97. The van der Waals surface area contributed by atoms with Crippen LogP contribution in [0.1, 0.15) is 28.1 Å². The molecule has 0 aliphatic carbocycles. The van der Waals surface area contributed by atoms with Gasteiger partial charge in [-0.3, -0.25) is 4.79 Å². The third-order valence-corrected chi connectivity index (χ3v) is 5.26. The molecule has 1 saturated heterocycles. The van der Waals surface area contributed by atoms with Gasteiger partial charge >= 0.3 is 5.97 Å². The molecule has 1 aliphatic heterocycles. The number of amides is 1. The lowest BCUT2D eigenvalue weighted by molar-refractivity contribution is -0.141. The first kappa shape index (κ1) is 12.6. The van der Waals surface area contributed by atoms with Crippen molar-refractivity contribution < 1.29 is 14.7 Å². The molecule has 0 aromatic carbocycles. The van der Waals surface area contributed by atoms with E-state index in [1.165, 1.54) is 16.2 Å². The highest BCUT2D eigenvalue weighted by atomic mass is 79.9. The lowest BCUT2D eigenvalue weighted by Gasteiger charge is -2.20. The van der Waals surface area contributed by atoms with Crippen molar-refractivity contribution in [1.82, 2.24) is 4.90 Å². The van der Waals surface area contributed by atoms with Crippen molar-refractivity contribution in [2.24, 2.45) is 0 Å². The second-order valence-corrected chi connectivity index (χ2v) is 5.73. The summed E-state index contributed by atoms with van der Waals surface area (Å²) in [6, 6.07) is -0.670. The topological polar surface area (TPSA) is 57.6 Å². The van der Waals surface area contributed by atoms with Crippen molar-refractivity contribution >= 4 is 39.1 Å². The summed E-state index contributed by atoms with van der Waals surface area (Å²) in [7, 11) is 0. The number of carboxylic acids is 1. The third-order valence-electron chi connectivity index (χ3n) is 2.89. The minimum absolute atomic E-state index is 0.181. The van der Waals surface area contributed by atoms with Crippen LogP contribution >= 0.6 is 27.3 Å². The maximum absolute atomic E-state index is 12.2. The van der Waals surface area contributed by atoms with Crippen LogP contribution in [0.2, 0.25) is 0 Å². The van der Waals surface area contributed by atoms with Crippen LogP contribution in [0.5, 0.6) is 0 Å². The fourth-order valence-corrected chi connectivity index (χ4v) is 3.58. The van der Waals surface area contributed by atoms with Crippen molar-refractivity contribution in [1.29, 1.82) is 0 Å². The summed E-state index contributed by atoms with van der Waals surface area (Å²) in [6.45, 7) is 2.44. The Labute approximate surface area is 111 Å². The van der Waals surface area contributed by atoms with E-state index in [-0.39, 0.29) is 5.91 Å². The van der Waals surface area contributed by atoms with E-state index in [4.69, 9.17) is 5.11 Å². The van der Waals surface area contributed by atoms with Crippen LogP contribution in [0.15, 0.2) is 9.85 Å². The van der Waals surface area contributed by atoms with Crippen LogP contribution < -0.4 is 0 Å². The van der Waals surface area contributed by atoms with Crippen LogP contribution in [-0.2, 0) is 4.79 Å². The van der Waals surface area contributed by atoms with E-state index in [2.05, 4.69) is 15.9 Å². The number of carbonyl (C=O) groups excluding carboxylic acids is 1. The summed E-state index contributed by atoms with van der Waals surface area (Å²) >= 11 is 4.72. The number of rotatable bonds is 2. The van der Waals surface area contributed by atoms with Crippen LogP contribution in [0.25, 0.3) is 0 Å². The molecule has 6 heteroatoms. The minimum Gasteiger partial charge on any atom is -0.480 e. The molecule has 17 heavy (non-hydrogen) atoms. The van der Waals surface area contributed by atoms with Gasteiger partial charge in [-0.05, 0) is 46.6 Å². The van der Waals surface area contributed by atoms with Crippen molar-refractivity contribution in [3.8, 4) is 0 Å². The normalized spacial score (nSPS) is 19.6. The number of likely N-dealkylation sites (tertiary alicyclic amines) is 1. The molecule has 2 heterocycles. The molecule has 1 atom stereocenters. The van der Waals surface area contributed by atoms with E-state index < -0.39 is 12.0 Å². The van der Waals surface area contributed by atoms with Crippen LogP contribution in [-0.4, -0.2) is 34.5 Å². The van der Waals surface area contributed by atoms with Gasteiger partial charge in [-0.25, -0.2) is 4.79 Å². The Morgan fingerprint density at radius 3 is 2.82 bits per heavy atom. The van der Waals surface area contributed by atoms with E-state index in [1.54, 1.807) is 0 Å². The maximum Gasteiger partial charge on any atom is 0.326 e. The summed E-state index contributed by atoms with van der Waals surface area (Å²) < 4.78 is 0.781. The summed E-state index contributed by atoms with van der Waals surface area (Å²) in [6.07, 6.45) is 1.30. The molecule has 4 nitrogen and oxygen atoms in total. The van der Waals surface area contributed by atoms with Crippen molar-refractivity contribution in [3.63, 3.8) is 0 Å². The van der Waals surface area contributed by atoms with Crippen molar-refractivity contribution in [2.75, 3.05) is 6.54 Å². The molecule has 1 aliphatic rings. The van der Waals surface area contributed by atoms with E-state index in [0.717, 1.165) is 16.5 Å². The monoisotopic (exact) mass is 317 g/mol. The van der Waals surface area contributed by atoms with Gasteiger partial charge in [0.25, 0.3) is 5.91 Å². The number of halogens is 1. The highest BCUT2D eigenvalue weighted by molar-refractivity contribution is 9.10. The Balaban J connectivity index is 2.26. The second kappa shape index (κ2) is 4.78. The lowest BCUT2D eigenvalue weighted by atomic mass is 10.2. The largest absolute Gasteiger partial charge is 0.480 e. The van der Waals surface area contributed by atoms with Gasteiger partial charge in [0.05, 0.1) is 0 Å². The highest BCUT2D eigenvalue weighted by Crippen LogP contribution is 2.31. The number of hydrogen-bond donors (Lipinski definition) is 1. The van der Waals surface area contributed by atoms with Crippen molar-refractivity contribution in [2.45, 2.75) is 25.8 Å². The molecule has 0 spiro atoms. The Kier molecular flexibility index (Phi) is 3.53. The first-order valence-electron chi connectivity index (χ1n) is 5.29. The summed E-state index contributed by atoms with van der Waals surface area (Å²) in [5.74, 6) is -1.10. The van der Waals surface area contributed by atoms with E-state index >= 15 is 0 Å². The van der Waals surface area contributed by atoms with Crippen LogP contribution in [0.3, 0.4) is 0 Å². The Morgan fingerprint density at radius 1 is 1.59 bits per heavy atom. The minimum atomic E-state index is -0.916. The lowest BCUT2D eigenvalue weighted by Crippen LogP contribution is -2.40. The fourth-order valence-electron chi connectivity index (χ4n) is 1.97. The zero-order valence-electron chi connectivity index (χ0n) is 9.27. The number of aliphatic carboxylic acids is 1. The summed E-state index contributed by atoms with van der Waals surface area (Å²) in [5, 5.41) is 10.9. The molecule has 0 radical (unpaired) electrons. The van der Waals surface area contributed by atoms with Crippen molar-refractivity contribution in [3.05, 3.63) is 20.3 Å². The number of carboxylic acid groups (broad SMARTS) is 1. The van der Waals surface area contributed by atoms with E-state index in [0.29, 0.717) is 17.8 Å². The average Bonchev–Trinajstić information content (AvgIpc) is 2.87. The molecule has 0 saturated carbocycles. The van der Waals surface area contributed by atoms with Gasteiger partial charge in [0.1, 0.15) is 10.9 Å². The molecular weight excluding hydrogens is 306 g/mol. The zero-order chi connectivity index (χ0) is 12.6. The predicted octanol–water partition coefficient (Wildman–Crippen LogP) is 2.51. The Morgan fingerprint density at radius 2 is 2.29 bits per heavy atom. The van der Waals surface area contributed by atoms with Gasteiger partial charge < -0.3 is 10.0 Å². The quantitative estimate of drug-likeness (QED) is 0.911. The maximum atomic E-state index is 12.2. The SMILES string of the molecule is Cc1csc(C(=O)N2CCC[C@@H]2C(=O)O)c1Br.